The van der Waals surface area contributed by atoms with Gasteiger partial charge in [-0.05, 0) is 56.2 Å². The largest absolute Gasteiger partial charge is 0.339 e. The zero-order valence-corrected chi connectivity index (χ0v) is 15.9. The summed E-state index contributed by atoms with van der Waals surface area (Å²) >= 11 is 0. The molecule has 0 aliphatic carbocycles. The third-order valence-electron chi connectivity index (χ3n) is 6.37. The number of carbonyl (C=O) groups is 2. The predicted octanol–water partition coefficient (Wildman–Crippen LogP) is 2.34. The van der Waals surface area contributed by atoms with Crippen molar-refractivity contribution < 1.29 is 14.0 Å². The van der Waals surface area contributed by atoms with Crippen molar-refractivity contribution in [2.45, 2.75) is 51.1 Å². The summed E-state index contributed by atoms with van der Waals surface area (Å²) in [6.07, 6.45) is 5.34. The summed E-state index contributed by atoms with van der Waals surface area (Å²) in [7, 11) is 0. The number of piperazine rings is 1. The Morgan fingerprint density at radius 3 is 2.33 bits per heavy atom. The summed E-state index contributed by atoms with van der Waals surface area (Å²) in [6, 6.07) is 5.82. The Kier molecular flexibility index (Phi) is 5.17. The molecule has 3 aliphatic rings. The summed E-state index contributed by atoms with van der Waals surface area (Å²) in [5, 5.41) is 3.62. The molecule has 3 fully saturated rings. The molecule has 27 heavy (non-hydrogen) atoms. The first-order valence-corrected chi connectivity index (χ1v) is 10.1. The van der Waals surface area contributed by atoms with Crippen LogP contribution in [-0.4, -0.2) is 59.9 Å². The van der Waals surface area contributed by atoms with Gasteiger partial charge in [-0.25, -0.2) is 4.39 Å². The van der Waals surface area contributed by atoms with E-state index in [1.807, 2.05) is 4.90 Å². The Labute approximate surface area is 159 Å². The van der Waals surface area contributed by atoms with Gasteiger partial charge in [0.1, 0.15) is 5.82 Å². The van der Waals surface area contributed by atoms with Gasteiger partial charge in [-0.2, -0.15) is 0 Å². The zero-order valence-electron chi connectivity index (χ0n) is 15.9. The summed E-state index contributed by atoms with van der Waals surface area (Å²) in [4.78, 5) is 28.9. The van der Waals surface area contributed by atoms with Crippen LogP contribution in [0.1, 0.15) is 48.0 Å². The molecule has 146 valence electrons. The van der Waals surface area contributed by atoms with Crippen LogP contribution in [0.2, 0.25) is 0 Å². The number of nitrogens with zero attached hydrogens (tertiary/aromatic N) is 2. The van der Waals surface area contributed by atoms with Crippen molar-refractivity contribution in [1.82, 2.24) is 15.1 Å². The molecule has 2 atom stereocenters. The molecule has 3 heterocycles. The minimum Gasteiger partial charge on any atom is -0.339 e. The lowest BCUT2D eigenvalue weighted by Gasteiger charge is -2.36. The highest BCUT2D eigenvalue weighted by Crippen LogP contribution is 2.33. The highest BCUT2D eigenvalue weighted by atomic mass is 19.1. The molecule has 0 spiro atoms. The number of hydrogen-bond acceptors (Lipinski definition) is 3. The van der Waals surface area contributed by atoms with E-state index < -0.39 is 0 Å². The van der Waals surface area contributed by atoms with Crippen LogP contribution < -0.4 is 5.32 Å². The van der Waals surface area contributed by atoms with E-state index in [1.165, 1.54) is 18.9 Å². The lowest BCUT2D eigenvalue weighted by Crippen LogP contribution is -2.51. The van der Waals surface area contributed by atoms with Gasteiger partial charge in [0, 0.05) is 50.2 Å². The molecule has 1 aromatic rings. The van der Waals surface area contributed by atoms with Crippen molar-refractivity contribution in [3.05, 3.63) is 35.1 Å². The summed E-state index contributed by atoms with van der Waals surface area (Å²) < 4.78 is 13.7. The van der Waals surface area contributed by atoms with E-state index in [9.17, 15) is 14.0 Å². The number of halogens is 1. The molecule has 5 nitrogen and oxygen atoms in total. The van der Waals surface area contributed by atoms with Crippen LogP contribution in [0.3, 0.4) is 0 Å². The SMILES string of the molecule is Cc1ccc(C(=O)N2CCN(C(=O)CC3CC4CCC(C3)N4)CC2)cc1F. The molecule has 0 aromatic heterocycles. The van der Waals surface area contributed by atoms with Crippen molar-refractivity contribution >= 4 is 11.8 Å². The van der Waals surface area contributed by atoms with Crippen molar-refractivity contribution in [2.75, 3.05) is 26.2 Å². The van der Waals surface area contributed by atoms with Gasteiger partial charge in [0.15, 0.2) is 0 Å². The van der Waals surface area contributed by atoms with E-state index in [2.05, 4.69) is 5.32 Å². The number of hydrogen-bond donors (Lipinski definition) is 1. The van der Waals surface area contributed by atoms with Gasteiger partial charge in [-0.1, -0.05) is 6.07 Å². The van der Waals surface area contributed by atoms with E-state index >= 15 is 0 Å². The van der Waals surface area contributed by atoms with Crippen LogP contribution >= 0.6 is 0 Å². The molecular formula is C21H28FN3O2. The highest BCUT2D eigenvalue weighted by molar-refractivity contribution is 5.94. The molecule has 2 bridgehead atoms. The maximum absolute atomic E-state index is 13.7. The van der Waals surface area contributed by atoms with E-state index in [-0.39, 0.29) is 17.6 Å². The van der Waals surface area contributed by atoms with Crippen LogP contribution in [0, 0.1) is 18.7 Å². The van der Waals surface area contributed by atoms with Gasteiger partial charge < -0.3 is 15.1 Å². The molecule has 0 saturated carbocycles. The third kappa shape index (κ3) is 4.00. The van der Waals surface area contributed by atoms with E-state index in [0.717, 1.165) is 12.8 Å². The van der Waals surface area contributed by atoms with Crippen LogP contribution in [0.25, 0.3) is 0 Å². The third-order valence-corrected chi connectivity index (χ3v) is 6.37. The first-order chi connectivity index (χ1) is 13.0. The van der Waals surface area contributed by atoms with Crippen molar-refractivity contribution in [3.8, 4) is 0 Å². The van der Waals surface area contributed by atoms with Crippen LogP contribution in [-0.2, 0) is 4.79 Å². The van der Waals surface area contributed by atoms with Gasteiger partial charge in [0.2, 0.25) is 5.91 Å². The molecule has 4 rings (SSSR count). The zero-order chi connectivity index (χ0) is 19.0. The van der Waals surface area contributed by atoms with Crippen LogP contribution in [0.15, 0.2) is 18.2 Å². The van der Waals surface area contributed by atoms with E-state index in [4.69, 9.17) is 0 Å². The second kappa shape index (κ2) is 7.58. The van der Waals surface area contributed by atoms with Gasteiger partial charge in [0.25, 0.3) is 5.91 Å². The Bertz CT molecular complexity index is 718. The molecule has 1 aromatic carbocycles. The fraction of sp³-hybridized carbons (Fsp3) is 0.619. The first kappa shape index (κ1) is 18.4. The number of fused-ring (bicyclic) bond motifs is 2. The van der Waals surface area contributed by atoms with E-state index in [0.29, 0.717) is 61.7 Å². The normalized spacial score (nSPS) is 27.7. The monoisotopic (exact) mass is 373 g/mol. The van der Waals surface area contributed by atoms with Crippen molar-refractivity contribution in [1.29, 1.82) is 0 Å². The van der Waals surface area contributed by atoms with E-state index in [1.54, 1.807) is 24.0 Å². The number of amides is 2. The maximum Gasteiger partial charge on any atom is 0.254 e. The number of carbonyl (C=O) groups excluding carboxylic acids is 2. The molecule has 3 aliphatic heterocycles. The molecule has 2 unspecified atom stereocenters. The Morgan fingerprint density at radius 2 is 1.70 bits per heavy atom. The molecule has 6 heteroatoms. The summed E-state index contributed by atoms with van der Waals surface area (Å²) in [6.45, 7) is 3.84. The summed E-state index contributed by atoms with van der Waals surface area (Å²) in [5.41, 5.74) is 0.913. The fourth-order valence-corrected chi connectivity index (χ4v) is 4.79. The average Bonchev–Trinajstić information content (AvgIpc) is 3.01. The molecule has 3 saturated heterocycles. The smallest absolute Gasteiger partial charge is 0.254 e. The Balaban J connectivity index is 1.28. The fourth-order valence-electron chi connectivity index (χ4n) is 4.79. The van der Waals surface area contributed by atoms with Gasteiger partial charge in [0.05, 0.1) is 0 Å². The van der Waals surface area contributed by atoms with Gasteiger partial charge in [-0.15, -0.1) is 0 Å². The first-order valence-electron chi connectivity index (χ1n) is 10.1. The maximum atomic E-state index is 13.7. The second-order valence-corrected chi connectivity index (χ2v) is 8.32. The Hall–Kier alpha value is -1.95. The minimum absolute atomic E-state index is 0.157. The number of aryl methyl sites for hydroxylation is 1. The number of benzene rings is 1. The topological polar surface area (TPSA) is 52.7 Å². The molecule has 1 N–H and O–H groups in total. The molecule has 2 amide bonds. The van der Waals surface area contributed by atoms with Crippen molar-refractivity contribution in [3.63, 3.8) is 0 Å². The predicted molar refractivity (Wildman–Crippen MR) is 101 cm³/mol. The van der Waals surface area contributed by atoms with Gasteiger partial charge in [-0.3, -0.25) is 9.59 Å². The number of nitrogens with one attached hydrogen (secondary N) is 1. The standard InChI is InChI=1S/C21H28FN3O2/c1-14-2-3-16(13-19(14)22)21(27)25-8-6-24(7-9-25)20(26)12-15-10-17-4-5-18(11-15)23-17/h2-3,13,15,17-18,23H,4-12H2,1H3. The lowest BCUT2D eigenvalue weighted by atomic mass is 9.89. The quantitative estimate of drug-likeness (QED) is 0.885. The second-order valence-electron chi connectivity index (χ2n) is 8.32. The Morgan fingerprint density at radius 1 is 1.07 bits per heavy atom. The number of rotatable bonds is 3. The number of piperidine rings is 1. The van der Waals surface area contributed by atoms with Crippen molar-refractivity contribution in [2.24, 2.45) is 5.92 Å². The van der Waals surface area contributed by atoms with Crippen LogP contribution in [0.4, 0.5) is 4.39 Å². The van der Waals surface area contributed by atoms with Crippen LogP contribution in [0.5, 0.6) is 0 Å². The summed E-state index contributed by atoms with van der Waals surface area (Å²) in [5.74, 6) is 0.197. The lowest BCUT2D eigenvalue weighted by molar-refractivity contribution is -0.134. The highest BCUT2D eigenvalue weighted by Gasteiger charge is 2.35. The minimum atomic E-state index is -0.356. The average molecular weight is 373 g/mol. The molecular weight excluding hydrogens is 345 g/mol. The van der Waals surface area contributed by atoms with Gasteiger partial charge >= 0.3 is 0 Å². The molecule has 0 radical (unpaired) electrons.